The number of ether oxygens (including phenoxy) is 2. The number of nitrogens with zero attached hydrogens (tertiary/aromatic N) is 2. The van der Waals surface area contributed by atoms with Crippen LogP contribution in [0.3, 0.4) is 0 Å². The largest absolute Gasteiger partial charge is 0.462 e. The molecular weight excluding hydrogens is 500 g/mol. The number of esters is 2. The molecule has 2 heterocycles. The van der Waals surface area contributed by atoms with Crippen molar-refractivity contribution in [1.29, 1.82) is 0 Å². The summed E-state index contributed by atoms with van der Waals surface area (Å²) in [6.07, 6.45) is 14.1. The first-order valence-corrected chi connectivity index (χ1v) is 15.7. The number of unbranched alkanes of at least 4 members (excludes halogenated alkanes) is 5. The second kappa shape index (κ2) is 14.5. The molecule has 2 saturated heterocycles. The third kappa shape index (κ3) is 10.0. The molecule has 0 aliphatic carbocycles. The molecule has 2 fully saturated rings. The van der Waals surface area contributed by atoms with E-state index in [1.165, 1.54) is 0 Å². The van der Waals surface area contributed by atoms with E-state index in [9.17, 15) is 9.59 Å². The Morgan fingerprint density at radius 2 is 0.875 bits per heavy atom. The quantitative estimate of drug-likeness (QED) is 0.117. The van der Waals surface area contributed by atoms with Gasteiger partial charge in [0.25, 0.3) is 0 Å². The molecule has 6 heteroatoms. The fraction of sp³-hybridized carbons (Fsp3) is 0.824. The molecule has 0 N–H and O–H groups in total. The standard InChI is InChI=1S/C34H60N2O4/c1-11-21-35-31(3,4)23-27(24-32(35,5)6)39-29(37)19-17-15-13-14-16-18-20-30(38)40-28-25-33(7,8)36(22-12-2)34(9,10)26-28/h11-12,27-28H,1-2,13-26H2,3-10H3. The zero-order valence-corrected chi connectivity index (χ0v) is 27.2. The Morgan fingerprint density at radius 3 is 1.15 bits per heavy atom. The van der Waals surface area contributed by atoms with E-state index in [-0.39, 0.29) is 46.3 Å². The predicted octanol–water partition coefficient (Wildman–Crippen LogP) is 7.61. The molecule has 0 aromatic heterocycles. The minimum absolute atomic E-state index is 0.0323. The van der Waals surface area contributed by atoms with Crippen LogP contribution in [-0.4, -0.2) is 69.2 Å². The van der Waals surface area contributed by atoms with Gasteiger partial charge in [-0.3, -0.25) is 19.4 Å². The minimum Gasteiger partial charge on any atom is -0.462 e. The topological polar surface area (TPSA) is 59.1 Å². The third-order valence-electron chi connectivity index (χ3n) is 9.06. The Labute approximate surface area is 245 Å². The normalized spacial score (nSPS) is 22.9. The average molecular weight is 561 g/mol. The Morgan fingerprint density at radius 1 is 0.600 bits per heavy atom. The molecule has 40 heavy (non-hydrogen) atoms. The van der Waals surface area contributed by atoms with Crippen LogP contribution < -0.4 is 0 Å². The van der Waals surface area contributed by atoms with Crippen LogP contribution in [0.25, 0.3) is 0 Å². The van der Waals surface area contributed by atoms with E-state index >= 15 is 0 Å². The van der Waals surface area contributed by atoms with Crippen molar-refractivity contribution < 1.29 is 19.1 Å². The summed E-state index contributed by atoms with van der Waals surface area (Å²) in [4.78, 5) is 30.0. The number of piperidine rings is 2. The first-order valence-electron chi connectivity index (χ1n) is 15.7. The third-order valence-corrected chi connectivity index (χ3v) is 9.06. The molecule has 0 aromatic rings. The molecule has 0 unspecified atom stereocenters. The van der Waals surface area contributed by atoms with Gasteiger partial charge in [0.1, 0.15) is 12.2 Å². The lowest BCUT2D eigenvalue weighted by atomic mass is 9.78. The van der Waals surface area contributed by atoms with E-state index in [1.807, 2.05) is 12.2 Å². The van der Waals surface area contributed by atoms with Gasteiger partial charge < -0.3 is 9.47 Å². The fourth-order valence-electron chi connectivity index (χ4n) is 7.60. The number of likely N-dealkylation sites (tertiary alicyclic amines) is 2. The van der Waals surface area contributed by atoms with Crippen molar-refractivity contribution in [2.75, 3.05) is 13.1 Å². The van der Waals surface area contributed by atoms with Gasteiger partial charge in [-0.25, -0.2) is 0 Å². The Hall–Kier alpha value is -1.66. The SMILES string of the molecule is C=CCN1C(C)(C)CC(OC(=O)CCCCCCCCC(=O)OC2CC(C)(C)N(CC=C)C(C)(C)C2)CC1(C)C. The monoisotopic (exact) mass is 560 g/mol. The molecule has 2 aliphatic rings. The number of carbonyl (C=O) groups is 2. The molecule has 0 bridgehead atoms. The van der Waals surface area contributed by atoms with Gasteiger partial charge in [-0.2, -0.15) is 0 Å². The lowest BCUT2D eigenvalue weighted by molar-refractivity contribution is -0.161. The first-order chi connectivity index (χ1) is 18.5. The molecule has 0 radical (unpaired) electrons. The second-order valence-corrected chi connectivity index (χ2v) is 14.7. The lowest BCUT2D eigenvalue weighted by Gasteiger charge is -2.54. The zero-order chi connectivity index (χ0) is 30.2. The molecule has 0 saturated carbocycles. The average Bonchev–Trinajstić information content (AvgIpc) is 2.79. The van der Waals surface area contributed by atoms with Crippen LogP contribution >= 0.6 is 0 Å². The van der Waals surface area contributed by atoms with E-state index in [1.54, 1.807) is 0 Å². The van der Waals surface area contributed by atoms with Crippen LogP contribution in [0, 0.1) is 0 Å². The fourth-order valence-corrected chi connectivity index (χ4v) is 7.60. The van der Waals surface area contributed by atoms with Gasteiger partial charge in [0.15, 0.2) is 0 Å². The molecule has 0 atom stereocenters. The molecule has 0 aromatic carbocycles. The Bertz CT molecular complexity index is 754. The maximum atomic E-state index is 12.5. The smallest absolute Gasteiger partial charge is 0.306 e. The number of hydrogen-bond donors (Lipinski definition) is 0. The van der Waals surface area contributed by atoms with Crippen LogP contribution in [0.5, 0.6) is 0 Å². The van der Waals surface area contributed by atoms with Crippen molar-refractivity contribution >= 4 is 11.9 Å². The summed E-state index contributed by atoms with van der Waals surface area (Å²) >= 11 is 0. The van der Waals surface area contributed by atoms with Gasteiger partial charge in [0, 0.05) is 73.8 Å². The summed E-state index contributed by atoms with van der Waals surface area (Å²) in [6.45, 7) is 27.3. The summed E-state index contributed by atoms with van der Waals surface area (Å²) in [7, 11) is 0. The van der Waals surface area contributed by atoms with E-state index in [2.05, 4.69) is 78.3 Å². The Balaban J connectivity index is 1.59. The lowest BCUT2D eigenvalue weighted by Crippen LogP contribution is -2.62. The summed E-state index contributed by atoms with van der Waals surface area (Å²) < 4.78 is 11.8. The molecule has 0 spiro atoms. The van der Waals surface area contributed by atoms with E-state index in [0.29, 0.717) is 12.8 Å². The highest BCUT2D eigenvalue weighted by Gasteiger charge is 2.47. The highest BCUT2D eigenvalue weighted by molar-refractivity contribution is 5.69. The van der Waals surface area contributed by atoms with Crippen LogP contribution in [-0.2, 0) is 19.1 Å². The van der Waals surface area contributed by atoms with E-state index < -0.39 is 0 Å². The first kappa shape index (κ1) is 34.5. The van der Waals surface area contributed by atoms with Crippen molar-refractivity contribution in [3.8, 4) is 0 Å². The Kier molecular flexibility index (Phi) is 12.5. The highest BCUT2D eigenvalue weighted by atomic mass is 16.5. The van der Waals surface area contributed by atoms with Gasteiger partial charge in [-0.05, 0) is 68.2 Å². The molecule has 2 aliphatic heterocycles. The van der Waals surface area contributed by atoms with Crippen LogP contribution in [0.4, 0.5) is 0 Å². The zero-order valence-electron chi connectivity index (χ0n) is 27.2. The molecule has 6 nitrogen and oxygen atoms in total. The summed E-state index contributed by atoms with van der Waals surface area (Å²) in [5.74, 6) is -0.142. The van der Waals surface area contributed by atoms with Crippen molar-refractivity contribution in [2.24, 2.45) is 0 Å². The van der Waals surface area contributed by atoms with Gasteiger partial charge in [-0.1, -0.05) is 37.8 Å². The molecule has 2 rings (SSSR count). The van der Waals surface area contributed by atoms with E-state index in [0.717, 1.165) is 77.3 Å². The van der Waals surface area contributed by atoms with Crippen molar-refractivity contribution in [3.63, 3.8) is 0 Å². The molecule has 230 valence electrons. The van der Waals surface area contributed by atoms with Crippen molar-refractivity contribution in [3.05, 3.63) is 25.3 Å². The van der Waals surface area contributed by atoms with Crippen molar-refractivity contribution in [2.45, 2.75) is 167 Å². The van der Waals surface area contributed by atoms with Crippen molar-refractivity contribution in [1.82, 2.24) is 9.80 Å². The van der Waals surface area contributed by atoms with E-state index in [4.69, 9.17) is 9.47 Å². The van der Waals surface area contributed by atoms with Gasteiger partial charge in [-0.15, -0.1) is 13.2 Å². The number of carbonyl (C=O) groups excluding carboxylic acids is 2. The number of rotatable bonds is 15. The van der Waals surface area contributed by atoms with Crippen LogP contribution in [0.1, 0.15) is 132 Å². The summed E-state index contributed by atoms with van der Waals surface area (Å²) in [5.41, 5.74) is -0.153. The summed E-state index contributed by atoms with van der Waals surface area (Å²) in [6, 6.07) is 0. The molecule has 0 amide bonds. The van der Waals surface area contributed by atoms with Crippen LogP contribution in [0.2, 0.25) is 0 Å². The van der Waals surface area contributed by atoms with Crippen LogP contribution in [0.15, 0.2) is 25.3 Å². The van der Waals surface area contributed by atoms with Gasteiger partial charge in [0.05, 0.1) is 0 Å². The maximum absolute atomic E-state index is 12.5. The summed E-state index contributed by atoms with van der Waals surface area (Å²) in [5, 5.41) is 0. The van der Waals surface area contributed by atoms with Gasteiger partial charge >= 0.3 is 11.9 Å². The minimum atomic E-state index is -0.0711. The highest BCUT2D eigenvalue weighted by Crippen LogP contribution is 2.40. The maximum Gasteiger partial charge on any atom is 0.306 e. The predicted molar refractivity (Wildman–Crippen MR) is 165 cm³/mol. The number of hydrogen-bond acceptors (Lipinski definition) is 6. The van der Waals surface area contributed by atoms with Gasteiger partial charge in [0.2, 0.25) is 0 Å². The molecular formula is C34H60N2O4. The second-order valence-electron chi connectivity index (χ2n) is 14.7.